The molecule has 1 aromatic rings. The van der Waals surface area contributed by atoms with Crippen LogP contribution >= 0.6 is 11.3 Å². The summed E-state index contributed by atoms with van der Waals surface area (Å²) < 4.78 is 5.50. The van der Waals surface area contributed by atoms with E-state index in [2.05, 4.69) is 36.7 Å². The molecule has 1 heterocycles. The molecule has 15 heavy (non-hydrogen) atoms. The van der Waals surface area contributed by atoms with Gasteiger partial charge in [0.15, 0.2) is 0 Å². The van der Waals surface area contributed by atoms with Crippen molar-refractivity contribution in [3.63, 3.8) is 0 Å². The van der Waals surface area contributed by atoms with E-state index in [0.29, 0.717) is 0 Å². The van der Waals surface area contributed by atoms with Crippen LogP contribution in [0.4, 0.5) is 0 Å². The minimum Gasteiger partial charge on any atom is -0.380 e. The van der Waals surface area contributed by atoms with E-state index in [9.17, 15) is 0 Å². The van der Waals surface area contributed by atoms with Gasteiger partial charge in [-0.25, -0.2) is 0 Å². The summed E-state index contributed by atoms with van der Waals surface area (Å²) in [6.07, 6.45) is 1.16. The Balaban J connectivity index is 1.85. The van der Waals surface area contributed by atoms with Crippen LogP contribution in [0.2, 0.25) is 0 Å². The van der Waals surface area contributed by atoms with E-state index in [0.717, 1.165) is 38.6 Å². The number of nitrogens with one attached hydrogen (secondary N) is 1. The Labute approximate surface area is 96.7 Å². The van der Waals surface area contributed by atoms with Crippen molar-refractivity contribution >= 4 is 11.3 Å². The van der Waals surface area contributed by atoms with Crippen LogP contribution in [-0.2, 0) is 11.3 Å². The first-order valence-corrected chi connectivity index (χ1v) is 6.48. The van der Waals surface area contributed by atoms with E-state index < -0.39 is 0 Å². The van der Waals surface area contributed by atoms with Crippen LogP contribution in [0.1, 0.15) is 25.1 Å². The van der Waals surface area contributed by atoms with Crippen molar-refractivity contribution in [2.75, 3.05) is 19.8 Å². The highest BCUT2D eigenvalue weighted by Crippen LogP contribution is 2.06. The van der Waals surface area contributed by atoms with Gasteiger partial charge in [-0.05, 0) is 23.8 Å². The van der Waals surface area contributed by atoms with Crippen molar-refractivity contribution in [1.82, 2.24) is 5.32 Å². The average Bonchev–Trinajstić information content (AvgIpc) is 2.68. The molecular formula is C12H21NOS. The fourth-order valence-corrected chi connectivity index (χ4v) is 1.86. The van der Waals surface area contributed by atoms with Crippen LogP contribution in [-0.4, -0.2) is 19.8 Å². The van der Waals surface area contributed by atoms with Crippen molar-refractivity contribution < 1.29 is 4.74 Å². The van der Waals surface area contributed by atoms with Gasteiger partial charge in [0.25, 0.3) is 0 Å². The van der Waals surface area contributed by atoms with Crippen molar-refractivity contribution in [3.8, 4) is 0 Å². The van der Waals surface area contributed by atoms with Gasteiger partial charge >= 0.3 is 0 Å². The van der Waals surface area contributed by atoms with Gasteiger partial charge in [-0.1, -0.05) is 19.9 Å². The standard InChI is InChI=1S/C12H21NOS/c1-11(2)5-7-14-8-6-13-10-12-4-3-9-15-12/h3-4,9,11,13H,5-8,10H2,1-2H3. The Morgan fingerprint density at radius 1 is 1.40 bits per heavy atom. The summed E-state index contributed by atoms with van der Waals surface area (Å²) in [6, 6.07) is 4.23. The summed E-state index contributed by atoms with van der Waals surface area (Å²) in [5.74, 6) is 0.740. The molecule has 0 fully saturated rings. The van der Waals surface area contributed by atoms with Crippen LogP contribution in [0.25, 0.3) is 0 Å². The average molecular weight is 227 g/mol. The third-order valence-electron chi connectivity index (χ3n) is 2.14. The number of thiophene rings is 1. The quantitative estimate of drug-likeness (QED) is 0.690. The second-order valence-electron chi connectivity index (χ2n) is 4.05. The molecule has 86 valence electrons. The maximum Gasteiger partial charge on any atom is 0.0591 e. The minimum atomic E-state index is 0.740. The van der Waals surface area contributed by atoms with Crippen LogP contribution in [0, 0.1) is 5.92 Å². The molecule has 0 spiro atoms. The summed E-state index contributed by atoms with van der Waals surface area (Å²) in [5, 5.41) is 5.47. The van der Waals surface area contributed by atoms with E-state index in [1.165, 1.54) is 4.88 Å². The lowest BCUT2D eigenvalue weighted by atomic mass is 10.1. The highest BCUT2D eigenvalue weighted by molar-refractivity contribution is 7.09. The summed E-state index contributed by atoms with van der Waals surface area (Å²) in [6.45, 7) is 8.05. The second-order valence-corrected chi connectivity index (χ2v) is 5.08. The van der Waals surface area contributed by atoms with Crippen molar-refractivity contribution in [1.29, 1.82) is 0 Å². The third-order valence-corrected chi connectivity index (χ3v) is 3.02. The van der Waals surface area contributed by atoms with Gasteiger partial charge in [0.1, 0.15) is 0 Å². The Morgan fingerprint density at radius 3 is 2.93 bits per heavy atom. The molecule has 0 aliphatic rings. The first kappa shape index (κ1) is 12.7. The fraction of sp³-hybridized carbons (Fsp3) is 0.667. The first-order valence-electron chi connectivity index (χ1n) is 5.60. The molecule has 3 heteroatoms. The van der Waals surface area contributed by atoms with Crippen LogP contribution in [0.15, 0.2) is 17.5 Å². The number of hydrogen-bond donors (Lipinski definition) is 1. The smallest absolute Gasteiger partial charge is 0.0591 e. The lowest BCUT2D eigenvalue weighted by Gasteiger charge is -2.06. The molecule has 0 amide bonds. The molecule has 1 rings (SSSR count). The SMILES string of the molecule is CC(C)CCOCCNCc1cccs1. The maximum absolute atomic E-state index is 5.50. The zero-order valence-electron chi connectivity index (χ0n) is 9.66. The second kappa shape index (κ2) is 7.85. The highest BCUT2D eigenvalue weighted by Gasteiger charge is 1.95. The first-order chi connectivity index (χ1) is 7.29. The molecule has 1 aromatic heterocycles. The van der Waals surface area contributed by atoms with Crippen LogP contribution < -0.4 is 5.32 Å². The van der Waals surface area contributed by atoms with E-state index in [1.54, 1.807) is 11.3 Å². The third kappa shape index (κ3) is 6.66. The largest absolute Gasteiger partial charge is 0.380 e. The van der Waals surface area contributed by atoms with Crippen molar-refractivity contribution in [3.05, 3.63) is 22.4 Å². The number of hydrogen-bond acceptors (Lipinski definition) is 3. The number of rotatable bonds is 8. The fourth-order valence-electron chi connectivity index (χ4n) is 1.19. The van der Waals surface area contributed by atoms with E-state index in [-0.39, 0.29) is 0 Å². The predicted molar refractivity (Wildman–Crippen MR) is 66.3 cm³/mol. The minimum absolute atomic E-state index is 0.740. The van der Waals surface area contributed by atoms with Gasteiger partial charge in [0.2, 0.25) is 0 Å². The molecule has 0 unspecified atom stereocenters. The van der Waals surface area contributed by atoms with E-state index in [1.807, 2.05) is 0 Å². The van der Waals surface area contributed by atoms with Gasteiger partial charge in [-0.2, -0.15) is 0 Å². The molecule has 0 bridgehead atoms. The number of ether oxygens (including phenoxy) is 1. The zero-order chi connectivity index (χ0) is 10.9. The van der Waals surface area contributed by atoms with Gasteiger partial charge in [-0.15, -0.1) is 11.3 Å². The van der Waals surface area contributed by atoms with Gasteiger partial charge in [0, 0.05) is 24.6 Å². The lowest BCUT2D eigenvalue weighted by Crippen LogP contribution is -2.19. The predicted octanol–water partition coefficient (Wildman–Crippen LogP) is 2.90. The summed E-state index contributed by atoms with van der Waals surface area (Å²) in [7, 11) is 0. The lowest BCUT2D eigenvalue weighted by molar-refractivity contribution is 0.125. The Hall–Kier alpha value is -0.380. The van der Waals surface area contributed by atoms with Gasteiger partial charge < -0.3 is 10.1 Å². The normalized spacial score (nSPS) is 11.1. The van der Waals surface area contributed by atoms with Crippen molar-refractivity contribution in [2.45, 2.75) is 26.8 Å². The van der Waals surface area contributed by atoms with Gasteiger partial charge in [0.05, 0.1) is 6.61 Å². The van der Waals surface area contributed by atoms with Crippen LogP contribution in [0.3, 0.4) is 0 Å². The molecule has 0 aliphatic heterocycles. The molecule has 0 saturated carbocycles. The monoisotopic (exact) mass is 227 g/mol. The summed E-state index contributed by atoms with van der Waals surface area (Å²) in [4.78, 5) is 1.39. The van der Waals surface area contributed by atoms with E-state index >= 15 is 0 Å². The maximum atomic E-state index is 5.50. The molecule has 0 atom stereocenters. The Morgan fingerprint density at radius 2 is 2.27 bits per heavy atom. The Bertz CT molecular complexity index is 234. The van der Waals surface area contributed by atoms with Crippen molar-refractivity contribution in [2.24, 2.45) is 5.92 Å². The summed E-state index contributed by atoms with van der Waals surface area (Å²) >= 11 is 1.79. The van der Waals surface area contributed by atoms with Crippen LogP contribution in [0.5, 0.6) is 0 Å². The highest BCUT2D eigenvalue weighted by atomic mass is 32.1. The molecule has 1 N–H and O–H groups in total. The van der Waals surface area contributed by atoms with Gasteiger partial charge in [-0.3, -0.25) is 0 Å². The topological polar surface area (TPSA) is 21.3 Å². The Kier molecular flexibility index (Phi) is 6.64. The van der Waals surface area contributed by atoms with E-state index in [4.69, 9.17) is 4.74 Å². The molecule has 0 aromatic carbocycles. The molecule has 0 saturated heterocycles. The molecule has 2 nitrogen and oxygen atoms in total. The zero-order valence-corrected chi connectivity index (χ0v) is 10.5. The molecule has 0 aliphatic carbocycles. The molecular weight excluding hydrogens is 206 g/mol. The molecule has 0 radical (unpaired) electrons. The summed E-state index contributed by atoms with van der Waals surface area (Å²) in [5.41, 5.74) is 0.